The lowest BCUT2D eigenvalue weighted by Gasteiger charge is -2.40. The number of anilines is 1. The lowest BCUT2D eigenvalue weighted by atomic mass is 9.92. The first kappa shape index (κ1) is 26.3. The number of ether oxygens (including phenoxy) is 1. The van der Waals surface area contributed by atoms with Gasteiger partial charge in [-0.05, 0) is 36.5 Å². The number of hydrogen-bond acceptors (Lipinski definition) is 7. The number of rotatable bonds is 7. The van der Waals surface area contributed by atoms with Crippen LogP contribution in [-0.2, 0) is 20.5 Å². The highest BCUT2D eigenvalue weighted by molar-refractivity contribution is 7.80. The third-order valence-corrected chi connectivity index (χ3v) is 4.80. The molecule has 0 unspecified atom stereocenters. The summed E-state index contributed by atoms with van der Waals surface area (Å²) in [5.74, 6) is -2.78. The average molecular weight is 493 g/mol. The maximum absolute atomic E-state index is 12.9. The molecule has 0 bridgehead atoms. The number of carboxylic acid groups (broad SMARTS) is 1. The van der Waals surface area contributed by atoms with Gasteiger partial charge in [-0.1, -0.05) is 6.07 Å². The minimum absolute atomic E-state index is 0.0137. The van der Waals surface area contributed by atoms with Crippen LogP contribution >= 0.6 is 12.2 Å². The predicted molar refractivity (Wildman–Crippen MR) is 112 cm³/mol. The number of alkyl halides is 3. The number of aliphatic hydroxyl groups excluding tert-OH is 3. The Morgan fingerprint density at radius 1 is 1.24 bits per heavy atom. The van der Waals surface area contributed by atoms with Gasteiger partial charge in [0.05, 0.1) is 24.3 Å². The van der Waals surface area contributed by atoms with Crippen LogP contribution in [-0.4, -0.2) is 74.4 Å². The van der Waals surface area contributed by atoms with E-state index < -0.39 is 66.4 Å². The Bertz CT molecular complexity index is 928. The molecule has 1 heterocycles. The van der Waals surface area contributed by atoms with Gasteiger partial charge in [0, 0.05) is 12.6 Å². The van der Waals surface area contributed by atoms with Gasteiger partial charge < -0.3 is 41.1 Å². The van der Waals surface area contributed by atoms with Gasteiger partial charge in [-0.2, -0.15) is 13.2 Å². The predicted octanol–water partition coefficient (Wildman–Crippen LogP) is -0.0535. The number of hydrogen-bond donors (Lipinski definition) is 7. The van der Waals surface area contributed by atoms with E-state index in [0.29, 0.717) is 0 Å². The number of carbonyl (C=O) groups excluding carboxylic acids is 1. The maximum Gasteiger partial charge on any atom is 0.416 e. The molecule has 5 atom stereocenters. The molecule has 10 nitrogen and oxygen atoms in total. The molecule has 0 saturated heterocycles. The second kappa shape index (κ2) is 10.8. The Kier molecular flexibility index (Phi) is 8.60. The first-order valence-electron chi connectivity index (χ1n) is 9.44. The molecule has 0 aliphatic carbocycles. The number of aliphatic carboxylic acids is 1. The van der Waals surface area contributed by atoms with Gasteiger partial charge in [-0.3, -0.25) is 4.79 Å². The molecule has 33 heavy (non-hydrogen) atoms. The van der Waals surface area contributed by atoms with Crippen LogP contribution in [0.4, 0.5) is 18.9 Å². The maximum atomic E-state index is 12.9. The summed E-state index contributed by atoms with van der Waals surface area (Å²) in [6, 6.07) is 1.83. The summed E-state index contributed by atoms with van der Waals surface area (Å²) in [4.78, 5) is 23.2. The smallest absolute Gasteiger partial charge is 0.416 e. The first-order chi connectivity index (χ1) is 15.3. The fourth-order valence-electron chi connectivity index (χ4n) is 3.09. The number of aliphatic hydroxyl groups is 3. The number of carbonyl (C=O) groups is 2. The van der Waals surface area contributed by atoms with Crippen molar-refractivity contribution in [2.45, 2.75) is 43.5 Å². The monoisotopic (exact) mass is 493 g/mol. The summed E-state index contributed by atoms with van der Waals surface area (Å²) >= 11 is 5.12. The van der Waals surface area contributed by atoms with Gasteiger partial charge in [-0.25, -0.2) is 4.79 Å². The van der Waals surface area contributed by atoms with Crippen molar-refractivity contribution in [3.05, 3.63) is 41.7 Å². The summed E-state index contributed by atoms with van der Waals surface area (Å²) in [7, 11) is 0. The normalized spacial score (nSPS) is 22.3. The molecular formula is C19H22F3N3O7S. The standard InChI is InChI=1S/C19H22F3N3O7S/c1-8(27)23-14-11(6-13(17(30)31)32-16(14)15(29)12(28)7-26)25-18(33)24-10-4-2-3-9(5-10)19(20,21)22/h2-6,11-12,14-16,26,28-29H,7H2,1H3,(H,23,27)(H,30,31)(H2,24,25,33)/t11-,12+,14+,15+,16+/m0/s1. The molecule has 1 aromatic carbocycles. The number of nitrogens with one attached hydrogen (secondary N) is 3. The summed E-state index contributed by atoms with van der Waals surface area (Å²) in [6.07, 6.45) is -8.61. The van der Waals surface area contributed by atoms with Crippen LogP contribution in [0.3, 0.4) is 0 Å². The third kappa shape index (κ3) is 7.02. The molecular weight excluding hydrogens is 471 g/mol. The van der Waals surface area contributed by atoms with E-state index in [1.165, 1.54) is 6.07 Å². The lowest BCUT2D eigenvalue weighted by Crippen LogP contribution is -2.63. The summed E-state index contributed by atoms with van der Waals surface area (Å²) < 4.78 is 44.0. The van der Waals surface area contributed by atoms with Gasteiger partial charge >= 0.3 is 12.1 Å². The highest BCUT2D eigenvalue weighted by Crippen LogP contribution is 2.30. The number of amides is 1. The van der Waals surface area contributed by atoms with E-state index in [9.17, 15) is 38.1 Å². The first-order valence-corrected chi connectivity index (χ1v) is 9.85. The minimum Gasteiger partial charge on any atom is -0.478 e. The van der Waals surface area contributed by atoms with Crippen molar-refractivity contribution in [2.24, 2.45) is 0 Å². The fraction of sp³-hybridized carbons (Fsp3) is 0.421. The molecule has 1 amide bonds. The molecule has 1 aliphatic heterocycles. The van der Waals surface area contributed by atoms with E-state index in [0.717, 1.165) is 31.2 Å². The Morgan fingerprint density at radius 3 is 2.45 bits per heavy atom. The summed E-state index contributed by atoms with van der Waals surface area (Å²) in [5, 5.41) is 46.0. The molecule has 0 spiro atoms. The third-order valence-electron chi connectivity index (χ3n) is 4.58. The number of benzene rings is 1. The van der Waals surface area contributed by atoms with E-state index in [-0.39, 0.29) is 10.8 Å². The SMILES string of the molecule is CC(=O)N[C@H]1[C@H]([C@H](O)[C@H](O)CO)OC(C(=O)O)=C[C@@H]1NC(=S)Nc1cccc(C(F)(F)F)c1. The van der Waals surface area contributed by atoms with Gasteiger partial charge in [0.1, 0.15) is 18.3 Å². The Labute approximate surface area is 191 Å². The fourth-order valence-corrected chi connectivity index (χ4v) is 3.34. The van der Waals surface area contributed by atoms with Crippen LogP contribution in [0.1, 0.15) is 12.5 Å². The molecule has 0 aromatic heterocycles. The number of thiocarbonyl (C=S) groups is 1. The lowest BCUT2D eigenvalue weighted by molar-refractivity contribution is -0.146. The van der Waals surface area contributed by atoms with E-state index >= 15 is 0 Å². The molecule has 182 valence electrons. The number of halogens is 3. The topological polar surface area (TPSA) is 160 Å². The largest absolute Gasteiger partial charge is 0.478 e. The van der Waals surface area contributed by atoms with E-state index in [2.05, 4.69) is 16.0 Å². The molecule has 1 aliphatic rings. The minimum atomic E-state index is -4.58. The average Bonchev–Trinajstić information content (AvgIpc) is 2.72. The van der Waals surface area contributed by atoms with Crippen molar-refractivity contribution in [3.63, 3.8) is 0 Å². The zero-order valence-electron chi connectivity index (χ0n) is 17.0. The highest BCUT2D eigenvalue weighted by Gasteiger charge is 2.43. The van der Waals surface area contributed by atoms with Crippen molar-refractivity contribution < 1.29 is 47.9 Å². The van der Waals surface area contributed by atoms with Crippen molar-refractivity contribution in [3.8, 4) is 0 Å². The van der Waals surface area contributed by atoms with Crippen LogP contribution in [0.5, 0.6) is 0 Å². The van der Waals surface area contributed by atoms with Gasteiger partial charge in [-0.15, -0.1) is 0 Å². The Balaban J connectivity index is 2.31. The molecule has 0 fully saturated rings. The Hall–Kier alpha value is -2.94. The van der Waals surface area contributed by atoms with Gasteiger partial charge in [0.15, 0.2) is 5.11 Å². The van der Waals surface area contributed by atoms with E-state index in [4.69, 9.17) is 22.1 Å². The van der Waals surface area contributed by atoms with Crippen LogP contribution in [0.15, 0.2) is 36.1 Å². The quantitative estimate of drug-likeness (QED) is 0.257. The van der Waals surface area contributed by atoms with Gasteiger partial charge in [0.2, 0.25) is 11.7 Å². The molecule has 2 rings (SSSR count). The van der Waals surface area contributed by atoms with E-state index in [1.54, 1.807) is 0 Å². The Morgan fingerprint density at radius 2 is 1.91 bits per heavy atom. The second-order valence-electron chi connectivity index (χ2n) is 7.09. The van der Waals surface area contributed by atoms with Gasteiger partial charge in [0.25, 0.3) is 0 Å². The van der Waals surface area contributed by atoms with Crippen LogP contribution in [0, 0.1) is 0 Å². The molecule has 0 radical (unpaired) electrons. The van der Waals surface area contributed by atoms with Crippen molar-refractivity contribution in [1.29, 1.82) is 0 Å². The molecule has 0 saturated carbocycles. The number of carboxylic acids is 1. The van der Waals surface area contributed by atoms with Crippen LogP contribution in [0.2, 0.25) is 0 Å². The highest BCUT2D eigenvalue weighted by atomic mass is 32.1. The zero-order valence-corrected chi connectivity index (χ0v) is 17.9. The summed E-state index contributed by atoms with van der Waals surface area (Å²) in [6.45, 7) is 0.256. The summed E-state index contributed by atoms with van der Waals surface area (Å²) in [5.41, 5.74) is -0.938. The van der Waals surface area contributed by atoms with Crippen molar-refractivity contribution in [2.75, 3.05) is 11.9 Å². The molecule has 14 heteroatoms. The molecule has 1 aromatic rings. The van der Waals surface area contributed by atoms with Crippen LogP contribution < -0.4 is 16.0 Å². The van der Waals surface area contributed by atoms with E-state index in [1.807, 2.05) is 0 Å². The van der Waals surface area contributed by atoms with Crippen molar-refractivity contribution >= 4 is 34.9 Å². The van der Waals surface area contributed by atoms with Crippen molar-refractivity contribution in [1.82, 2.24) is 10.6 Å². The van der Waals surface area contributed by atoms with Crippen LogP contribution in [0.25, 0.3) is 0 Å². The second-order valence-corrected chi connectivity index (χ2v) is 7.50. The molecule has 7 N–H and O–H groups in total. The zero-order chi connectivity index (χ0) is 24.9.